The van der Waals surface area contributed by atoms with E-state index in [0.29, 0.717) is 13.1 Å². The first-order valence-corrected chi connectivity index (χ1v) is 10.4. The summed E-state index contributed by atoms with van der Waals surface area (Å²) in [5.74, 6) is 0.853. The van der Waals surface area contributed by atoms with Crippen LogP contribution in [0, 0.1) is 6.92 Å². The minimum absolute atomic E-state index is 0.00547. The predicted molar refractivity (Wildman–Crippen MR) is 117 cm³/mol. The first-order chi connectivity index (χ1) is 14.1. The number of aryl methyl sites for hydroxylation is 1. The molecule has 1 atom stereocenters. The van der Waals surface area contributed by atoms with Crippen molar-refractivity contribution in [1.82, 2.24) is 15.2 Å². The lowest BCUT2D eigenvalue weighted by Gasteiger charge is -2.36. The maximum absolute atomic E-state index is 13.0. The number of rotatable bonds is 5. The number of ether oxygens (including phenoxy) is 1. The zero-order valence-electron chi connectivity index (χ0n) is 17.4. The quantitative estimate of drug-likeness (QED) is 0.605. The molecule has 0 bridgehead atoms. The molecule has 2 amide bonds. The van der Waals surface area contributed by atoms with E-state index in [1.165, 1.54) is 16.5 Å². The average Bonchev–Trinajstić information content (AvgIpc) is 3.11. The summed E-state index contributed by atoms with van der Waals surface area (Å²) in [6.45, 7) is 5.62. The van der Waals surface area contributed by atoms with Gasteiger partial charge in [-0.15, -0.1) is 0 Å². The Morgan fingerprint density at radius 1 is 1.24 bits per heavy atom. The summed E-state index contributed by atoms with van der Waals surface area (Å²) in [4.78, 5) is 18.6. The monoisotopic (exact) mass is 391 g/mol. The van der Waals surface area contributed by atoms with E-state index in [4.69, 9.17) is 4.74 Å². The second kappa shape index (κ2) is 8.19. The zero-order chi connectivity index (χ0) is 20.4. The molecule has 0 unspecified atom stereocenters. The van der Waals surface area contributed by atoms with E-state index in [0.717, 1.165) is 41.8 Å². The number of carbonyl (C=O) groups is 1. The number of fused-ring (bicyclic) bond motifs is 3. The van der Waals surface area contributed by atoms with E-state index >= 15 is 0 Å². The number of unbranched alkanes of at least 4 members (excludes halogenated alkanes) is 1. The maximum Gasteiger partial charge on any atom is 0.318 e. The zero-order valence-corrected chi connectivity index (χ0v) is 17.4. The molecule has 1 aliphatic heterocycles. The van der Waals surface area contributed by atoms with Gasteiger partial charge in [0.05, 0.1) is 13.2 Å². The molecule has 152 valence electrons. The molecule has 4 rings (SSSR count). The fourth-order valence-electron chi connectivity index (χ4n) is 4.18. The first-order valence-electron chi connectivity index (χ1n) is 10.4. The number of hydrogen-bond donors (Lipinski definition) is 2. The highest BCUT2D eigenvalue weighted by Crippen LogP contribution is 2.39. The molecule has 0 saturated carbocycles. The van der Waals surface area contributed by atoms with Gasteiger partial charge >= 0.3 is 6.03 Å². The van der Waals surface area contributed by atoms with Crippen molar-refractivity contribution in [3.8, 4) is 5.75 Å². The van der Waals surface area contributed by atoms with Gasteiger partial charge in [0.25, 0.3) is 0 Å². The first kappa shape index (κ1) is 19.4. The minimum Gasteiger partial charge on any atom is -0.497 e. The Morgan fingerprint density at radius 2 is 2.03 bits per heavy atom. The van der Waals surface area contributed by atoms with E-state index in [1.807, 2.05) is 11.0 Å². The van der Waals surface area contributed by atoms with Crippen LogP contribution in [0.15, 0.2) is 42.5 Å². The summed E-state index contributed by atoms with van der Waals surface area (Å²) >= 11 is 0. The van der Waals surface area contributed by atoms with Crippen molar-refractivity contribution in [2.45, 2.75) is 39.2 Å². The summed E-state index contributed by atoms with van der Waals surface area (Å²) in [7, 11) is 1.69. The van der Waals surface area contributed by atoms with Crippen molar-refractivity contribution >= 4 is 16.9 Å². The van der Waals surface area contributed by atoms with Gasteiger partial charge in [0.1, 0.15) is 5.75 Å². The molecule has 2 heterocycles. The lowest BCUT2D eigenvalue weighted by atomic mass is 9.92. The molecule has 5 nitrogen and oxygen atoms in total. The van der Waals surface area contributed by atoms with E-state index in [9.17, 15) is 4.79 Å². The molecule has 0 aliphatic carbocycles. The third kappa shape index (κ3) is 3.69. The van der Waals surface area contributed by atoms with Crippen molar-refractivity contribution in [3.63, 3.8) is 0 Å². The Labute approximate surface area is 172 Å². The third-order valence-electron chi connectivity index (χ3n) is 5.79. The van der Waals surface area contributed by atoms with Crippen LogP contribution in [0.1, 0.15) is 48.2 Å². The topological polar surface area (TPSA) is 57.4 Å². The van der Waals surface area contributed by atoms with Crippen LogP contribution in [-0.4, -0.2) is 36.1 Å². The van der Waals surface area contributed by atoms with Crippen LogP contribution in [0.25, 0.3) is 10.9 Å². The molecular formula is C24H29N3O2. The van der Waals surface area contributed by atoms with Gasteiger partial charge in [-0.3, -0.25) is 0 Å². The molecule has 2 aromatic carbocycles. The van der Waals surface area contributed by atoms with Gasteiger partial charge in [-0.1, -0.05) is 43.2 Å². The smallest absolute Gasteiger partial charge is 0.318 e. The number of aromatic nitrogens is 1. The van der Waals surface area contributed by atoms with Gasteiger partial charge < -0.3 is 19.9 Å². The normalized spacial score (nSPS) is 16.0. The third-order valence-corrected chi connectivity index (χ3v) is 5.79. The molecular weight excluding hydrogens is 362 g/mol. The number of nitrogens with zero attached hydrogens (tertiary/aromatic N) is 1. The number of benzene rings is 2. The Bertz CT molecular complexity index is 1010. The van der Waals surface area contributed by atoms with Crippen molar-refractivity contribution in [2.75, 3.05) is 20.2 Å². The highest BCUT2D eigenvalue weighted by atomic mass is 16.5. The number of aromatic amines is 1. The fraction of sp³-hybridized carbons (Fsp3) is 0.375. The van der Waals surface area contributed by atoms with Crippen molar-refractivity contribution in [3.05, 3.63) is 64.8 Å². The summed E-state index contributed by atoms with van der Waals surface area (Å²) in [5, 5.41) is 4.28. The van der Waals surface area contributed by atoms with Crippen molar-refractivity contribution in [1.29, 1.82) is 0 Å². The molecule has 3 aromatic rings. The van der Waals surface area contributed by atoms with Gasteiger partial charge in [-0.25, -0.2) is 4.79 Å². The van der Waals surface area contributed by atoms with Crippen LogP contribution in [0.3, 0.4) is 0 Å². The highest BCUT2D eigenvalue weighted by Gasteiger charge is 2.34. The predicted octanol–water partition coefficient (Wildman–Crippen LogP) is 4.94. The van der Waals surface area contributed by atoms with Crippen LogP contribution >= 0.6 is 0 Å². The lowest BCUT2D eigenvalue weighted by molar-refractivity contribution is 0.179. The molecule has 5 heteroatoms. The van der Waals surface area contributed by atoms with Crippen LogP contribution in [-0.2, 0) is 6.42 Å². The fourth-order valence-corrected chi connectivity index (χ4v) is 4.18. The Hall–Kier alpha value is -2.95. The number of hydrogen-bond acceptors (Lipinski definition) is 2. The summed E-state index contributed by atoms with van der Waals surface area (Å²) in [6.07, 6.45) is 2.88. The molecule has 2 N–H and O–H groups in total. The Balaban J connectivity index is 1.78. The number of urea groups is 1. The molecule has 0 spiro atoms. The van der Waals surface area contributed by atoms with Gasteiger partial charge in [-0.2, -0.15) is 0 Å². The SMILES string of the molecule is CCCCNC(=O)N1CCc2c([nH]c3ccc(OC)cc23)[C@@H]1c1ccc(C)cc1. The highest BCUT2D eigenvalue weighted by molar-refractivity contribution is 5.87. The van der Waals surface area contributed by atoms with E-state index in [-0.39, 0.29) is 12.1 Å². The average molecular weight is 392 g/mol. The molecule has 1 aliphatic rings. The maximum atomic E-state index is 13.0. The standard InChI is InChI=1S/C24H29N3O2/c1-4-5-13-25-24(28)27-14-12-19-20-15-18(29-3)10-11-21(20)26-22(19)23(27)17-8-6-16(2)7-9-17/h6-11,15,23,26H,4-5,12-14H2,1-3H3,(H,25,28)/t23-/m0/s1. The number of carbonyl (C=O) groups excluding carboxylic acids is 1. The van der Waals surface area contributed by atoms with Gasteiger partial charge in [0.2, 0.25) is 0 Å². The van der Waals surface area contributed by atoms with Crippen LogP contribution in [0.5, 0.6) is 5.75 Å². The second-order valence-corrected chi connectivity index (χ2v) is 7.77. The van der Waals surface area contributed by atoms with Gasteiger partial charge in [0.15, 0.2) is 0 Å². The van der Waals surface area contributed by atoms with E-state index in [1.54, 1.807) is 7.11 Å². The number of H-pyrrole nitrogens is 1. The molecule has 0 fully saturated rings. The summed E-state index contributed by atoms with van der Waals surface area (Å²) in [5.41, 5.74) is 5.81. The van der Waals surface area contributed by atoms with Crippen LogP contribution < -0.4 is 10.1 Å². The molecule has 29 heavy (non-hydrogen) atoms. The van der Waals surface area contributed by atoms with Crippen LogP contribution in [0.4, 0.5) is 4.79 Å². The van der Waals surface area contributed by atoms with Crippen molar-refractivity contribution in [2.24, 2.45) is 0 Å². The van der Waals surface area contributed by atoms with E-state index < -0.39 is 0 Å². The second-order valence-electron chi connectivity index (χ2n) is 7.77. The molecule has 0 radical (unpaired) electrons. The van der Waals surface area contributed by atoms with Crippen LogP contribution in [0.2, 0.25) is 0 Å². The minimum atomic E-state index is -0.126. The number of methoxy groups -OCH3 is 1. The molecule has 0 saturated heterocycles. The summed E-state index contributed by atoms with van der Waals surface area (Å²) in [6, 6.07) is 14.5. The van der Waals surface area contributed by atoms with Gasteiger partial charge in [0, 0.05) is 29.7 Å². The Kier molecular flexibility index (Phi) is 5.47. The number of nitrogens with one attached hydrogen (secondary N) is 2. The van der Waals surface area contributed by atoms with Gasteiger partial charge in [-0.05, 0) is 49.1 Å². The molecule has 1 aromatic heterocycles. The summed E-state index contributed by atoms with van der Waals surface area (Å²) < 4.78 is 5.43. The lowest BCUT2D eigenvalue weighted by Crippen LogP contribution is -2.46. The largest absolute Gasteiger partial charge is 0.497 e. The number of amides is 2. The Morgan fingerprint density at radius 3 is 2.76 bits per heavy atom. The van der Waals surface area contributed by atoms with Crippen molar-refractivity contribution < 1.29 is 9.53 Å². The van der Waals surface area contributed by atoms with E-state index in [2.05, 4.69) is 60.5 Å².